The van der Waals surface area contributed by atoms with Crippen molar-refractivity contribution in [1.29, 1.82) is 0 Å². The van der Waals surface area contributed by atoms with Gasteiger partial charge in [0.25, 0.3) is 0 Å². The van der Waals surface area contributed by atoms with Crippen molar-refractivity contribution in [2.45, 2.75) is 39.4 Å². The number of rotatable bonds is 10. The number of hydrogen-bond donors (Lipinski definition) is 1. The summed E-state index contributed by atoms with van der Waals surface area (Å²) in [6.45, 7) is 11.1. The normalized spacial score (nSPS) is 17.1. The highest BCUT2D eigenvalue weighted by atomic mass is 16.7. The molecule has 0 aliphatic carbocycles. The number of hydrogen-bond acceptors (Lipinski definition) is 4. The number of likely N-dealkylation sites (tertiary alicyclic amines) is 1. The van der Waals surface area contributed by atoms with E-state index in [1.165, 1.54) is 38.9 Å². The second-order valence-electron chi connectivity index (χ2n) is 4.45. The maximum absolute atomic E-state index is 5.47. The lowest BCUT2D eigenvalue weighted by molar-refractivity contribution is -0.132. The molecule has 4 heteroatoms. The number of nitrogens with zero attached hydrogens (tertiary/aromatic N) is 1. The fourth-order valence-corrected chi connectivity index (χ4v) is 2.19. The highest BCUT2D eigenvalue weighted by Crippen LogP contribution is 2.06. The van der Waals surface area contributed by atoms with Crippen LogP contribution in [0.4, 0.5) is 0 Å². The summed E-state index contributed by atoms with van der Waals surface area (Å²) >= 11 is 0. The van der Waals surface area contributed by atoms with Crippen LogP contribution in [0.3, 0.4) is 0 Å². The Morgan fingerprint density at radius 2 is 1.76 bits per heavy atom. The molecule has 0 radical (unpaired) electrons. The van der Waals surface area contributed by atoms with Crippen molar-refractivity contribution in [1.82, 2.24) is 10.2 Å². The molecule has 0 aromatic carbocycles. The standard InChI is InChI=1S/C13H28N2O2/c1-3-16-13(17-4-2)12-14-8-7-11-15-9-5-6-10-15/h13-14H,3-12H2,1-2H3. The predicted molar refractivity (Wildman–Crippen MR) is 70.2 cm³/mol. The van der Waals surface area contributed by atoms with E-state index in [2.05, 4.69) is 10.2 Å². The van der Waals surface area contributed by atoms with Crippen molar-refractivity contribution in [3.8, 4) is 0 Å². The van der Waals surface area contributed by atoms with Crippen molar-refractivity contribution >= 4 is 0 Å². The molecule has 0 amide bonds. The molecule has 0 aromatic rings. The Morgan fingerprint density at radius 3 is 2.35 bits per heavy atom. The smallest absolute Gasteiger partial charge is 0.169 e. The van der Waals surface area contributed by atoms with Crippen molar-refractivity contribution in [2.24, 2.45) is 0 Å². The van der Waals surface area contributed by atoms with Crippen LogP contribution < -0.4 is 5.32 Å². The van der Waals surface area contributed by atoms with E-state index >= 15 is 0 Å². The average molecular weight is 244 g/mol. The molecule has 0 unspecified atom stereocenters. The molecule has 102 valence electrons. The van der Waals surface area contributed by atoms with Crippen LogP contribution in [0.2, 0.25) is 0 Å². The Labute approximate surface area is 106 Å². The van der Waals surface area contributed by atoms with Crippen LogP contribution in [0.1, 0.15) is 33.1 Å². The number of nitrogens with one attached hydrogen (secondary N) is 1. The van der Waals surface area contributed by atoms with E-state index in [4.69, 9.17) is 9.47 Å². The molecule has 0 spiro atoms. The Bertz CT molecular complexity index is 167. The lowest BCUT2D eigenvalue weighted by Gasteiger charge is -2.18. The topological polar surface area (TPSA) is 33.7 Å². The molecule has 1 aliphatic rings. The van der Waals surface area contributed by atoms with Gasteiger partial charge in [0.2, 0.25) is 0 Å². The van der Waals surface area contributed by atoms with Gasteiger partial charge in [-0.25, -0.2) is 0 Å². The van der Waals surface area contributed by atoms with Gasteiger partial charge in [-0.1, -0.05) is 0 Å². The first-order valence-electron chi connectivity index (χ1n) is 7.03. The highest BCUT2D eigenvalue weighted by molar-refractivity contribution is 4.66. The summed E-state index contributed by atoms with van der Waals surface area (Å²) in [5.74, 6) is 0. The van der Waals surface area contributed by atoms with E-state index in [1.54, 1.807) is 0 Å². The zero-order valence-corrected chi connectivity index (χ0v) is 11.4. The lowest BCUT2D eigenvalue weighted by Crippen LogP contribution is -2.33. The molecule has 0 atom stereocenters. The van der Waals surface area contributed by atoms with Gasteiger partial charge in [-0.2, -0.15) is 0 Å². The highest BCUT2D eigenvalue weighted by Gasteiger charge is 2.10. The minimum absolute atomic E-state index is 0.0863. The van der Waals surface area contributed by atoms with Gasteiger partial charge in [0, 0.05) is 19.8 Å². The molecule has 1 saturated heterocycles. The van der Waals surface area contributed by atoms with Gasteiger partial charge in [-0.3, -0.25) is 0 Å². The van der Waals surface area contributed by atoms with Gasteiger partial charge in [0.15, 0.2) is 6.29 Å². The van der Waals surface area contributed by atoms with Crippen LogP contribution in [0.15, 0.2) is 0 Å². The van der Waals surface area contributed by atoms with Crippen molar-refractivity contribution in [3.05, 3.63) is 0 Å². The minimum atomic E-state index is -0.0863. The van der Waals surface area contributed by atoms with Gasteiger partial charge >= 0.3 is 0 Å². The zero-order chi connectivity index (χ0) is 12.3. The summed E-state index contributed by atoms with van der Waals surface area (Å²) in [5, 5.41) is 3.40. The molecule has 1 aliphatic heterocycles. The van der Waals surface area contributed by atoms with Gasteiger partial charge in [-0.05, 0) is 59.3 Å². The average Bonchev–Trinajstić information content (AvgIpc) is 2.82. The predicted octanol–water partition coefficient (Wildman–Crippen LogP) is 1.46. The van der Waals surface area contributed by atoms with Crippen molar-refractivity contribution in [3.63, 3.8) is 0 Å². The monoisotopic (exact) mass is 244 g/mol. The first-order valence-corrected chi connectivity index (χ1v) is 7.03. The summed E-state index contributed by atoms with van der Waals surface area (Å²) in [7, 11) is 0. The molecule has 1 fully saturated rings. The molecular weight excluding hydrogens is 216 g/mol. The van der Waals surface area contributed by atoms with E-state index in [1.807, 2.05) is 13.8 Å². The first-order chi connectivity index (χ1) is 8.36. The minimum Gasteiger partial charge on any atom is -0.352 e. The Morgan fingerprint density at radius 1 is 1.12 bits per heavy atom. The lowest BCUT2D eigenvalue weighted by atomic mass is 10.4. The van der Waals surface area contributed by atoms with Crippen LogP contribution in [-0.2, 0) is 9.47 Å². The van der Waals surface area contributed by atoms with E-state index in [9.17, 15) is 0 Å². The molecule has 0 aromatic heterocycles. The Hall–Kier alpha value is -0.160. The molecule has 0 bridgehead atoms. The van der Waals surface area contributed by atoms with E-state index < -0.39 is 0 Å². The zero-order valence-electron chi connectivity index (χ0n) is 11.4. The molecular formula is C13H28N2O2. The van der Waals surface area contributed by atoms with E-state index in [0.29, 0.717) is 13.2 Å². The Kier molecular flexibility index (Phi) is 8.61. The van der Waals surface area contributed by atoms with Crippen molar-refractivity contribution < 1.29 is 9.47 Å². The van der Waals surface area contributed by atoms with Crippen LogP contribution in [0.5, 0.6) is 0 Å². The van der Waals surface area contributed by atoms with Gasteiger partial charge in [0.05, 0.1) is 0 Å². The third kappa shape index (κ3) is 6.99. The summed E-state index contributed by atoms with van der Waals surface area (Å²) in [6.07, 6.45) is 3.89. The quantitative estimate of drug-likeness (QED) is 0.466. The summed E-state index contributed by atoms with van der Waals surface area (Å²) < 4.78 is 10.9. The van der Waals surface area contributed by atoms with E-state index in [-0.39, 0.29) is 6.29 Å². The Balaban J connectivity index is 1.93. The largest absolute Gasteiger partial charge is 0.352 e. The maximum Gasteiger partial charge on any atom is 0.169 e. The molecule has 1 rings (SSSR count). The molecule has 1 N–H and O–H groups in total. The summed E-state index contributed by atoms with van der Waals surface area (Å²) in [6, 6.07) is 0. The van der Waals surface area contributed by atoms with Gasteiger partial charge in [-0.15, -0.1) is 0 Å². The molecule has 0 saturated carbocycles. The van der Waals surface area contributed by atoms with E-state index in [0.717, 1.165) is 13.1 Å². The molecule has 17 heavy (non-hydrogen) atoms. The summed E-state index contributed by atoms with van der Waals surface area (Å²) in [5.41, 5.74) is 0. The maximum atomic E-state index is 5.47. The third-order valence-electron chi connectivity index (χ3n) is 3.04. The van der Waals surface area contributed by atoms with Crippen LogP contribution >= 0.6 is 0 Å². The van der Waals surface area contributed by atoms with Gasteiger partial charge < -0.3 is 19.7 Å². The fraction of sp³-hybridized carbons (Fsp3) is 1.00. The van der Waals surface area contributed by atoms with Gasteiger partial charge in [0.1, 0.15) is 0 Å². The summed E-state index contributed by atoms with van der Waals surface area (Å²) in [4.78, 5) is 2.55. The second-order valence-corrected chi connectivity index (χ2v) is 4.45. The fourth-order valence-electron chi connectivity index (χ4n) is 2.19. The second kappa shape index (κ2) is 9.83. The third-order valence-corrected chi connectivity index (χ3v) is 3.04. The number of ether oxygens (including phenoxy) is 2. The van der Waals surface area contributed by atoms with Crippen molar-refractivity contribution in [2.75, 3.05) is 45.9 Å². The van der Waals surface area contributed by atoms with Crippen LogP contribution in [0, 0.1) is 0 Å². The van der Waals surface area contributed by atoms with Crippen LogP contribution in [-0.4, -0.2) is 57.1 Å². The molecule has 4 nitrogen and oxygen atoms in total. The van der Waals surface area contributed by atoms with Crippen LogP contribution in [0.25, 0.3) is 0 Å². The molecule has 1 heterocycles. The first kappa shape index (κ1) is 14.9. The SMILES string of the molecule is CCOC(CNCCCN1CCCC1)OCC.